The number of nitrogens with zero attached hydrogens (tertiary/aromatic N) is 2. The molecule has 0 atom stereocenters. The molecule has 1 heterocycles. The molecule has 0 aliphatic carbocycles. The molecule has 0 amide bonds. The van der Waals surface area contributed by atoms with E-state index in [1.54, 1.807) is 23.0 Å². The minimum Gasteiger partial charge on any atom is -0.383 e. The van der Waals surface area contributed by atoms with Crippen molar-refractivity contribution in [2.45, 2.75) is 0 Å². The van der Waals surface area contributed by atoms with E-state index in [9.17, 15) is 0 Å². The van der Waals surface area contributed by atoms with Gasteiger partial charge in [-0.1, -0.05) is 35.3 Å². The van der Waals surface area contributed by atoms with Crippen LogP contribution in [0.4, 0.5) is 5.82 Å². The van der Waals surface area contributed by atoms with E-state index in [1.807, 2.05) is 36.4 Å². The summed E-state index contributed by atoms with van der Waals surface area (Å²) >= 11 is 11.8. The van der Waals surface area contributed by atoms with Crippen molar-refractivity contribution in [3.63, 3.8) is 0 Å². The van der Waals surface area contributed by atoms with Crippen molar-refractivity contribution in [3.05, 3.63) is 64.8 Å². The summed E-state index contributed by atoms with van der Waals surface area (Å²) in [6.45, 7) is 0. The lowest BCUT2D eigenvalue weighted by Gasteiger charge is -2.05. The van der Waals surface area contributed by atoms with Crippen LogP contribution in [0.2, 0.25) is 10.0 Å². The van der Waals surface area contributed by atoms with Crippen LogP contribution in [0.3, 0.4) is 0 Å². The van der Waals surface area contributed by atoms with Crippen molar-refractivity contribution in [2.75, 3.05) is 5.73 Å². The molecule has 0 spiro atoms. The Balaban J connectivity index is 2.04. The van der Waals surface area contributed by atoms with Crippen LogP contribution in [-0.2, 0) is 0 Å². The van der Waals surface area contributed by atoms with Crippen LogP contribution in [0, 0.1) is 0 Å². The van der Waals surface area contributed by atoms with Crippen LogP contribution in [0.25, 0.3) is 16.8 Å². The molecule has 20 heavy (non-hydrogen) atoms. The topological polar surface area (TPSA) is 43.8 Å². The van der Waals surface area contributed by atoms with E-state index >= 15 is 0 Å². The second kappa shape index (κ2) is 5.19. The van der Waals surface area contributed by atoms with Crippen LogP contribution < -0.4 is 5.73 Å². The first-order chi connectivity index (χ1) is 9.65. The maximum atomic E-state index is 6.18. The summed E-state index contributed by atoms with van der Waals surface area (Å²) in [7, 11) is 0. The molecule has 0 aliphatic rings. The number of nitrogens with two attached hydrogens (primary N) is 1. The van der Waals surface area contributed by atoms with Gasteiger partial charge in [-0.3, -0.25) is 0 Å². The second-order valence-electron chi connectivity index (χ2n) is 4.34. The van der Waals surface area contributed by atoms with Gasteiger partial charge in [0.05, 0.1) is 11.9 Å². The third-order valence-electron chi connectivity index (χ3n) is 3.03. The number of rotatable bonds is 2. The van der Waals surface area contributed by atoms with Gasteiger partial charge in [-0.15, -0.1) is 0 Å². The van der Waals surface area contributed by atoms with Crippen LogP contribution in [0.15, 0.2) is 54.7 Å². The number of aromatic nitrogens is 2. The minimum absolute atomic E-state index is 0.578. The Morgan fingerprint density at radius 3 is 2.00 bits per heavy atom. The van der Waals surface area contributed by atoms with Gasteiger partial charge >= 0.3 is 0 Å². The van der Waals surface area contributed by atoms with E-state index in [2.05, 4.69) is 5.10 Å². The Kier molecular flexibility index (Phi) is 3.38. The first-order valence-corrected chi connectivity index (χ1v) is 6.76. The molecule has 3 nitrogen and oxygen atoms in total. The standard InChI is InChI=1S/C15H11Cl2N3/c16-11-3-1-10(2-4-11)14-9-19-20(15(14)18)13-7-5-12(17)6-8-13/h1-9H,18H2. The predicted octanol–water partition coefficient (Wildman–Crippen LogP) is 4.43. The molecule has 1 aromatic heterocycles. The molecule has 0 saturated carbocycles. The third kappa shape index (κ3) is 2.38. The molecule has 0 bridgehead atoms. The highest BCUT2D eigenvalue weighted by Crippen LogP contribution is 2.28. The second-order valence-corrected chi connectivity index (χ2v) is 5.21. The molecule has 2 N–H and O–H groups in total. The summed E-state index contributed by atoms with van der Waals surface area (Å²) in [5, 5.41) is 5.70. The van der Waals surface area contributed by atoms with Gasteiger partial charge in [-0.25, -0.2) is 4.68 Å². The van der Waals surface area contributed by atoms with E-state index in [-0.39, 0.29) is 0 Å². The molecular formula is C15H11Cl2N3. The van der Waals surface area contributed by atoms with Gasteiger partial charge in [0.1, 0.15) is 5.82 Å². The van der Waals surface area contributed by atoms with Gasteiger partial charge in [0.15, 0.2) is 0 Å². The fourth-order valence-electron chi connectivity index (χ4n) is 2.00. The van der Waals surface area contributed by atoms with E-state index in [4.69, 9.17) is 28.9 Å². The summed E-state index contributed by atoms with van der Waals surface area (Å²) in [5.74, 6) is 0.578. The lowest BCUT2D eigenvalue weighted by molar-refractivity contribution is 0.891. The smallest absolute Gasteiger partial charge is 0.135 e. The lowest BCUT2D eigenvalue weighted by Crippen LogP contribution is -2.01. The summed E-state index contributed by atoms with van der Waals surface area (Å²) in [6, 6.07) is 14.9. The predicted molar refractivity (Wildman–Crippen MR) is 83.4 cm³/mol. The molecule has 0 unspecified atom stereocenters. The summed E-state index contributed by atoms with van der Waals surface area (Å²) in [5.41, 5.74) is 8.90. The number of halogens is 2. The number of anilines is 1. The van der Waals surface area contributed by atoms with Crippen molar-refractivity contribution in [1.82, 2.24) is 9.78 Å². The van der Waals surface area contributed by atoms with Crippen molar-refractivity contribution < 1.29 is 0 Å². The van der Waals surface area contributed by atoms with E-state index in [0.717, 1.165) is 16.8 Å². The fourth-order valence-corrected chi connectivity index (χ4v) is 2.25. The third-order valence-corrected chi connectivity index (χ3v) is 3.54. The molecule has 0 aliphatic heterocycles. The highest BCUT2D eigenvalue weighted by atomic mass is 35.5. The Morgan fingerprint density at radius 1 is 0.850 bits per heavy atom. The largest absolute Gasteiger partial charge is 0.383 e. The molecule has 2 aromatic carbocycles. The van der Waals surface area contributed by atoms with Crippen molar-refractivity contribution >= 4 is 29.0 Å². The van der Waals surface area contributed by atoms with Crippen LogP contribution in [-0.4, -0.2) is 9.78 Å². The summed E-state index contributed by atoms with van der Waals surface area (Å²) in [4.78, 5) is 0. The first kappa shape index (κ1) is 13.0. The van der Waals surface area contributed by atoms with Gasteiger partial charge in [-0.05, 0) is 42.0 Å². The van der Waals surface area contributed by atoms with Gasteiger partial charge in [-0.2, -0.15) is 5.10 Å². The molecule has 0 saturated heterocycles. The van der Waals surface area contributed by atoms with Gasteiger partial charge in [0, 0.05) is 15.6 Å². The zero-order valence-electron chi connectivity index (χ0n) is 10.4. The van der Waals surface area contributed by atoms with E-state index in [1.165, 1.54) is 0 Å². The summed E-state index contributed by atoms with van der Waals surface area (Å²) < 4.78 is 1.68. The Labute approximate surface area is 126 Å². The number of hydrogen-bond acceptors (Lipinski definition) is 2. The monoisotopic (exact) mass is 303 g/mol. The maximum Gasteiger partial charge on any atom is 0.135 e. The average molecular weight is 304 g/mol. The molecule has 5 heteroatoms. The van der Waals surface area contributed by atoms with Crippen molar-refractivity contribution in [2.24, 2.45) is 0 Å². The Morgan fingerprint density at radius 2 is 1.40 bits per heavy atom. The van der Waals surface area contributed by atoms with Gasteiger partial charge in [0.2, 0.25) is 0 Å². The number of nitrogen functional groups attached to an aromatic ring is 1. The highest BCUT2D eigenvalue weighted by molar-refractivity contribution is 6.30. The van der Waals surface area contributed by atoms with Crippen LogP contribution in [0.1, 0.15) is 0 Å². The number of hydrogen-bond donors (Lipinski definition) is 1. The van der Waals surface area contributed by atoms with Gasteiger partial charge in [0.25, 0.3) is 0 Å². The molecular weight excluding hydrogens is 293 g/mol. The maximum absolute atomic E-state index is 6.18. The normalized spacial score (nSPS) is 10.7. The molecule has 0 radical (unpaired) electrons. The highest BCUT2D eigenvalue weighted by Gasteiger charge is 2.10. The summed E-state index contributed by atoms with van der Waals surface area (Å²) in [6.07, 6.45) is 1.74. The first-order valence-electron chi connectivity index (χ1n) is 6.00. The molecule has 3 rings (SSSR count). The quantitative estimate of drug-likeness (QED) is 0.761. The minimum atomic E-state index is 0.578. The van der Waals surface area contributed by atoms with Crippen molar-refractivity contribution in [1.29, 1.82) is 0 Å². The molecule has 3 aromatic rings. The van der Waals surface area contributed by atoms with Crippen molar-refractivity contribution in [3.8, 4) is 16.8 Å². The van der Waals surface area contributed by atoms with E-state index in [0.29, 0.717) is 15.9 Å². The average Bonchev–Trinajstić information content (AvgIpc) is 2.83. The number of benzene rings is 2. The Bertz CT molecular complexity index is 668. The zero-order valence-corrected chi connectivity index (χ0v) is 11.9. The van der Waals surface area contributed by atoms with Gasteiger partial charge < -0.3 is 5.73 Å². The van der Waals surface area contributed by atoms with Crippen LogP contribution >= 0.6 is 23.2 Å². The zero-order chi connectivity index (χ0) is 14.1. The molecule has 100 valence electrons. The lowest BCUT2D eigenvalue weighted by atomic mass is 10.1. The fraction of sp³-hybridized carbons (Fsp3) is 0. The Hall–Kier alpha value is -1.97. The molecule has 0 fully saturated rings. The SMILES string of the molecule is Nc1c(-c2ccc(Cl)cc2)cnn1-c1ccc(Cl)cc1. The van der Waals surface area contributed by atoms with E-state index < -0.39 is 0 Å². The van der Waals surface area contributed by atoms with Crippen LogP contribution in [0.5, 0.6) is 0 Å².